The van der Waals surface area contributed by atoms with Gasteiger partial charge in [0.1, 0.15) is 5.60 Å². The first-order valence-corrected chi connectivity index (χ1v) is 14.6. The van der Waals surface area contributed by atoms with E-state index in [1.165, 1.54) is 7.11 Å². The molecule has 2 aromatic rings. The molecular weight excluding hydrogens is 550 g/mol. The van der Waals surface area contributed by atoms with Gasteiger partial charge in [-0.25, -0.2) is 9.59 Å². The number of nitriles is 1. The first-order chi connectivity index (χ1) is 20.4. The Morgan fingerprint density at radius 1 is 1.02 bits per heavy atom. The van der Waals surface area contributed by atoms with Gasteiger partial charge in [0.2, 0.25) is 5.91 Å². The minimum absolute atomic E-state index is 0.0579. The number of benzene rings is 2. The van der Waals surface area contributed by atoms with E-state index in [0.29, 0.717) is 48.4 Å². The molecule has 1 saturated heterocycles. The summed E-state index contributed by atoms with van der Waals surface area (Å²) in [4.78, 5) is 54.1. The molecule has 1 heterocycles. The highest BCUT2D eigenvalue weighted by Crippen LogP contribution is 2.30. The van der Waals surface area contributed by atoms with Crippen molar-refractivity contribution in [1.82, 2.24) is 4.90 Å². The van der Waals surface area contributed by atoms with Gasteiger partial charge in [0.15, 0.2) is 0 Å². The number of anilines is 1. The molecule has 43 heavy (non-hydrogen) atoms. The summed E-state index contributed by atoms with van der Waals surface area (Å²) < 4.78 is 15.5. The SMILES string of the molecule is CCOC(=O)CCC(=O)N(CCC1CCN(C(=O)OC(C)(C)C)CC1)c1cc(C(=O)OC)cc(-c2cccc(C#N)c2)c1. The second-order valence-electron chi connectivity index (χ2n) is 11.5. The lowest BCUT2D eigenvalue weighted by atomic mass is 9.93. The van der Waals surface area contributed by atoms with Gasteiger partial charge in [-0.2, -0.15) is 5.26 Å². The number of carbonyl (C=O) groups excluding carboxylic acids is 4. The van der Waals surface area contributed by atoms with Crippen LogP contribution in [-0.4, -0.2) is 67.8 Å². The van der Waals surface area contributed by atoms with Gasteiger partial charge >= 0.3 is 18.0 Å². The van der Waals surface area contributed by atoms with Gasteiger partial charge in [-0.05, 0) is 94.3 Å². The first-order valence-electron chi connectivity index (χ1n) is 14.6. The van der Waals surface area contributed by atoms with Crippen LogP contribution in [0.2, 0.25) is 0 Å². The van der Waals surface area contributed by atoms with Crippen LogP contribution in [0.1, 0.15) is 75.7 Å². The van der Waals surface area contributed by atoms with Crippen molar-refractivity contribution in [1.29, 1.82) is 5.26 Å². The van der Waals surface area contributed by atoms with E-state index in [1.807, 2.05) is 26.8 Å². The summed E-state index contributed by atoms with van der Waals surface area (Å²) in [5.41, 5.74) is 1.99. The number of esters is 2. The van der Waals surface area contributed by atoms with Gasteiger partial charge in [-0.1, -0.05) is 12.1 Å². The molecule has 2 aromatic carbocycles. The number of likely N-dealkylation sites (tertiary alicyclic amines) is 1. The molecule has 10 nitrogen and oxygen atoms in total. The fourth-order valence-corrected chi connectivity index (χ4v) is 4.95. The number of nitrogens with zero attached hydrogens (tertiary/aromatic N) is 3. The van der Waals surface area contributed by atoms with E-state index < -0.39 is 17.5 Å². The molecule has 10 heteroatoms. The maximum absolute atomic E-state index is 13.6. The predicted octanol–water partition coefficient (Wildman–Crippen LogP) is 5.73. The number of hydrogen-bond donors (Lipinski definition) is 0. The Morgan fingerprint density at radius 3 is 2.37 bits per heavy atom. The zero-order valence-corrected chi connectivity index (χ0v) is 25.7. The molecule has 1 fully saturated rings. The van der Waals surface area contributed by atoms with Crippen LogP contribution >= 0.6 is 0 Å². The van der Waals surface area contributed by atoms with Gasteiger partial charge in [-0.3, -0.25) is 9.59 Å². The summed E-state index contributed by atoms with van der Waals surface area (Å²) in [7, 11) is 1.29. The highest BCUT2D eigenvalue weighted by molar-refractivity contribution is 5.98. The lowest BCUT2D eigenvalue weighted by Crippen LogP contribution is -2.42. The number of carbonyl (C=O) groups is 4. The van der Waals surface area contributed by atoms with Crippen molar-refractivity contribution in [2.24, 2.45) is 5.92 Å². The molecule has 2 amide bonds. The number of rotatable bonds is 10. The summed E-state index contributed by atoms with van der Waals surface area (Å²) in [6, 6.07) is 14.2. The van der Waals surface area contributed by atoms with E-state index in [9.17, 15) is 24.4 Å². The zero-order valence-electron chi connectivity index (χ0n) is 25.7. The van der Waals surface area contributed by atoms with Crippen LogP contribution in [0.15, 0.2) is 42.5 Å². The van der Waals surface area contributed by atoms with Crippen LogP contribution in [0.25, 0.3) is 11.1 Å². The fourth-order valence-electron chi connectivity index (χ4n) is 4.95. The fraction of sp³-hybridized carbons (Fsp3) is 0.485. The minimum atomic E-state index is -0.564. The topological polar surface area (TPSA) is 126 Å². The number of ether oxygens (including phenoxy) is 3. The Labute approximate surface area is 253 Å². The first kappa shape index (κ1) is 33.1. The monoisotopic (exact) mass is 591 g/mol. The van der Waals surface area contributed by atoms with Crippen molar-refractivity contribution in [3.8, 4) is 17.2 Å². The molecule has 0 spiro atoms. The second kappa shape index (κ2) is 15.2. The second-order valence-corrected chi connectivity index (χ2v) is 11.5. The maximum atomic E-state index is 13.6. The van der Waals surface area contributed by atoms with Gasteiger partial charge in [0, 0.05) is 31.7 Å². The van der Waals surface area contributed by atoms with Crippen LogP contribution < -0.4 is 4.90 Å². The summed E-state index contributed by atoms with van der Waals surface area (Å²) >= 11 is 0. The minimum Gasteiger partial charge on any atom is -0.466 e. The Morgan fingerprint density at radius 2 is 1.74 bits per heavy atom. The normalized spacial score (nSPS) is 13.5. The van der Waals surface area contributed by atoms with Crippen molar-refractivity contribution >= 4 is 29.6 Å². The Balaban J connectivity index is 1.87. The van der Waals surface area contributed by atoms with Gasteiger partial charge in [0.25, 0.3) is 0 Å². The molecule has 230 valence electrons. The number of amides is 2. The summed E-state index contributed by atoms with van der Waals surface area (Å²) in [5, 5.41) is 9.39. The maximum Gasteiger partial charge on any atom is 0.410 e. The molecule has 1 aliphatic rings. The van der Waals surface area contributed by atoms with Crippen LogP contribution in [0.5, 0.6) is 0 Å². The number of hydrogen-bond acceptors (Lipinski definition) is 8. The number of piperidine rings is 1. The number of methoxy groups -OCH3 is 1. The highest BCUT2D eigenvalue weighted by Gasteiger charge is 2.28. The van der Waals surface area contributed by atoms with Crippen LogP contribution in [0.3, 0.4) is 0 Å². The van der Waals surface area contributed by atoms with E-state index in [2.05, 4.69) is 6.07 Å². The summed E-state index contributed by atoms with van der Waals surface area (Å²) in [6.07, 6.45) is 1.74. The average molecular weight is 592 g/mol. The summed E-state index contributed by atoms with van der Waals surface area (Å²) in [5.74, 6) is -1.04. The Hall–Kier alpha value is -4.39. The molecule has 0 radical (unpaired) electrons. The molecule has 0 bridgehead atoms. The van der Waals surface area contributed by atoms with Crippen molar-refractivity contribution in [3.05, 3.63) is 53.6 Å². The van der Waals surface area contributed by atoms with Gasteiger partial charge in [0.05, 0.1) is 37.3 Å². The van der Waals surface area contributed by atoms with Crippen molar-refractivity contribution in [2.45, 2.75) is 65.4 Å². The smallest absolute Gasteiger partial charge is 0.410 e. The lowest BCUT2D eigenvalue weighted by molar-refractivity contribution is -0.144. The molecule has 0 saturated carbocycles. The molecule has 0 aromatic heterocycles. The third-order valence-corrected chi connectivity index (χ3v) is 7.15. The molecule has 3 rings (SSSR count). The molecule has 0 unspecified atom stereocenters. The van der Waals surface area contributed by atoms with E-state index >= 15 is 0 Å². The zero-order chi connectivity index (χ0) is 31.6. The Bertz CT molecular complexity index is 1350. The molecule has 0 aliphatic carbocycles. The quantitative estimate of drug-likeness (QED) is 0.253. The largest absolute Gasteiger partial charge is 0.466 e. The van der Waals surface area contributed by atoms with Gasteiger partial charge < -0.3 is 24.0 Å². The molecule has 0 atom stereocenters. The van der Waals surface area contributed by atoms with Crippen LogP contribution in [0, 0.1) is 17.2 Å². The van der Waals surface area contributed by atoms with Crippen LogP contribution in [0.4, 0.5) is 10.5 Å². The van der Waals surface area contributed by atoms with Crippen molar-refractivity contribution in [3.63, 3.8) is 0 Å². The van der Waals surface area contributed by atoms with E-state index in [-0.39, 0.29) is 42.9 Å². The van der Waals surface area contributed by atoms with E-state index in [0.717, 1.165) is 12.8 Å². The predicted molar refractivity (Wildman–Crippen MR) is 161 cm³/mol. The lowest BCUT2D eigenvalue weighted by Gasteiger charge is -2.34. The average Bonchev–Trinajstić information content (AvgIpc) is 2.99. The molecule has 0 N–H and O–H groups in total. The third kappa shape index (κ3) is 9.84. The summed E-state index contributed by atoms with van der Waals surface area (Å²) in [6.45, 7) is 8.93. The Kier molecular flexibility index (Phi) is 11.7. The standard InChI is InChI=1S/C33H41N3O7/c1-6-42-30(38)11-10-29(37)36(17-14-23-12-15-35(16-13-23)32(40)43-33(2,3)4)28-20-26(19-27(21-28)31(39)41-5)25-9-7-8-24(18-25)22-34/h7-9,18-21,23H,6,10-17H2,1-5H3. The van der Waals surface area contributed by atoms with E-state index in [4.69, 9.17) is 14.2 Å². The van der Waals surface area contributed by atoms with Gasteiger partial charge in [-0.15, -0.1) is 0 Å². The molecule has 1 aliphatic heterocycles. The van der Waals surface area contributed by atoms with E-state index in [1.54, 1.807) is 53.1 Å². The van der Waals surface area contributed by atoms with Crippen molar-refractivity contribution in [2.75, 3.05) is 38.3 Å². The van der Waals surface area contributed by atoms with Crippen LogP contribution in [-0.2, 0) is 23.8 Å². The molecular formula is C33H41N3O7. The van der Waals surface area contributed by atoms with Crippen molar-refractivity contribution < 1.29 is 33.4 Å². The third-order valence-electron chi connectivity index (χ3n) is 7.15. The highest BCUT2D eigenvalue weighted by atomic mass is 16.6.